The van der Waals surface area contributed by atoms with Crippen molar-refractivity contribution in [3.63, 3.8) is 0 Å². The van der Waals surface area contributed by atoms with Crippen LogP contribution in [0.25, 0.3) is 0 Å². The molecule has 2 heterocycles. The van der Waals surface area contributed by atoms with Crippen molar-refractivity contribution in [1.29, 1.82) is 0 Å². The molecule has 23 heavy (non-hydrogen) atoms. The lowest BCUT2D eigenvalue weighted by Gasteiger charge is -2.33. The smallest absolute Gasteiger partial charge is 0.184 e. The molecule has 3 rings (SSSR count). The molecule has 0 bridgehead atoms. The summed E-state index contributed by atoms with van der Waals surface area (Å²) in [5.74, 6) is 3.98. The van der Waals surface area contributed by atoms with Crippen LogP contribution >= 0.6 is 23.5 Å². The van der Waals surface area contributed by atoms with E-state index in [1.54, 1.807) is 14.2 Å². The number of methoxy groups -OCH3 is 2. The third-order valence-electron chi connectivity index (χ3n) is 4.06. The zero-order valence-corrected chi connectivity index (χ0v) is 15.3. The number of ether oxygens (including phenoxy) is 4. The Morgan fingerprint density at radius 2 is 1.91 bits per heavy atom. The SMILES string of the molecule is COc1ccc(C2OCC[C@@H](CC3SCCCS3)O2)cc1OC. The molecule has 0 aromatic heterocycles. The van der Waals surface area contributed by atoms with E-state index < -0.39 is 0 Å². The van der Waals surface area contributed by atoms with Gasteiger partial charge in [0.2, 0.25) is 0 Å². The highest BCUT2D eigenvalue weighted by molar-refractivity contribution is 8.17. The van der Waals surface area contributed by atoms with Gasteiger partial charge in [0.1, 0.15) is 0 Å². The average molecular weight is 357 g/mol. The monoisotopic (exact) mass is 356 g/mol. The zero-order chi connectivity index (χ0) is 16.1. The van der Waals surface area contributed by atoms with Crippen molar-refractivity contribution in [3.8, 4) is 11.5 Å². The number of hydrogen-bond donors (Lipinski definition) is 0. The summed E-state index contributed by atoms with van der Waals surface area (Å²) >= 11 is 4.14. The summed E-state index contributed by atoms with van der Waals surface area (Å²) in [7, 11) is 3.28. The second-order valence-corrected chi connectivity index (χ2v) is 8.54. The largest absolute Gasteiger partial charge is 0.493 e. The number of benzene rings is 1. The molecule has 4 nitrogen and oxygen atoms in total. The quantitative estimate of drug-likeness (QED) is 0.791. The van der Waals surface area contributed by atoms with Crippen molar-refractivity contribution >= 4 is 23.5 Å². The minimum absolute atomic E-state index is 0.268. The summed E-state index contributed by atoms with van der Waals surface area (Å²) in [6, 6.07) is 5.83. The van der Waals surface area contributed by atoms with Gasteiger partial charge in [-0.2, -0.15) is 0 Å². The minimum Gasteiger partial charge on any atom is -0.493 e. The summed E-state index contributed by atoms with van der Waals surface area (Å²) in [5, 5.41) is 0. The molecule has 0 saturated carbocycles. The lowest BCUT2D eigenvalue weighted by molar-refractivity contribution is -0.217. The van der Waals surface area contributed by atoms with Crippen LogP contribution in [0.3, 0.4) is 0 Å². The lowest BCUT2D eigenvalue weighted by Crippen LogP contribution is -2.29. The molecule has 0 radical (unpaired) electrons. The van der Waals surface area contributed by atoms with Gasteiger partial charge in [0.05, 0.1) is 31.5 Å². The van der Waals surface area contributed by atoms with E-state index in [-0.39, 0.29) is 12.4 Å². The highest BCUT2D eigenvalue weighted by Crippen LogP contribution is 2.38. The summed E-state index contributed by atoms with van der Waals surface area (Å²) in [6.07, 6.45) is 3.36. The van der Waals surface area contributed by atoms with Gasteiger partial charge in [-0.25, -0.2) is 0 Å². The second-order valence-electron chi connectivity index (χ2n) is 5.62. The van der Waals surface area contributed by atoms with Gasteiger partial charge < -0.3 is 18.9 Å². The Bertz CT molecular complexity index is 505. The highest BCUT2D eigenvalue weighted by atomic mass is 32.2. The molecule has 2 aliphatic heterocycles. The fourth-order valence-corrected chi connectivity index (χ4v) is 5.82. The summed E-state index contributed by atoms with van der Waals surface area (Å²) in [6.45, 7) is 0.742. The molecule has 2 saturated heterocycles. The van der Waals surface area contributed by atoms with Crippen LogP contribution in [0.15, 0.2) is 18.2 Å². The summed E-state index contributed by atoms with van der Waals surface area (Å²) < 4.78 is 23.4. The third-order valence-corrected chi connectivity index (χ3v) is 7.05. The Hall–Kier alpha value is -0.560. The predicted molar refractivity (Wildman–Crippen MR) is 95.7 cm³/mol. The molecule has 2 atom stereocenters. The molecule has 1 aromatic rings. The molecule has 6 heteroatoms. The lowest BCUT2D eigenvalue weighted by atomic mass is 10.1. The average Bonchev–Trinajstić information content (AvgIpc) is 2.62. The highest BCUT2D eigenvalue weighted by Gasteiger charge is 2.28. The second kappa shape index (κ2) is 8.51. The maximum absolute atomic E-state index is 6.20. The molecule has 2 fully saturated rings. The number of thioether (sulfide) groups is 2. The van der Waals surface area contributed by atoms with E-state index in [0.29, 0.717) is 10.3 Å². The van der Waals surface area contributed by atoms with Crippen LogP contribution < -0.4 is 9.47 Å². The molecule has 0 amide bonds. The van der Waals surface area contributed by atoms with Crippen molar-refractivity contribution in [2.75, 3.05) is 32.3 Å². The normalized spacial score (nSPS) is 26.0. The predicted octanol–water partition coefficient (Wildman–Crippen LogP) is 4.09. The first-order valence-electron chi connectivity index (χ1n) is 8.02. The van der Waals surface area contributed by atoms with Crippen molar-refractivity contribution < 1.29 is 18.9 Å². The van der Waals surface area contributed by atoms with Crippen LogP contribution in [0, 0.1) is 0 Å². The molecule has 128 valence electrons. The first-order valence-corrected chi connectivity index (χ1v) is 10.1. The number of hydrogen-bond acceptors (Lipinski definition) is 6. The van der Waals surface area contributed by atoms with Gasteiger partial charge in [-0.3, -0.25) is 0 Å². The van der Waals surface area contributed by atoms with Crippen molar-refractivity contribution in [1.82, 2.24) is 0 Å². The van der Waals surface area contributed by atoms with Crippen LogP contribution in [0.5, 0.6) is 11.5 Å². The van der Waals surface area contributed by atoms with E-state index >= 15 is 0 Å². The standard InChI is InChI=1S/C17H24O4S2/c1-18-14-5-4-12(10-15(14)19-2)17-20-7-6-13(21-17)11-16-22-8-3-9-23-16/h4-5,10,13,16-17H,3,6-9,11H2,1-2H3/t13-,17?/m0/s1. The van der Waals surface area contributed by atoms with Gasteiger partial charge in [0.15, 0.2) is 17.8 Å². The molecule has 2 aliphatic rings. The van der Waals surface area contributed by atoms with Gasteiger partial charge >= 0.3 is 0 Å². The van der Waals surface area contributed by atoms with E-state index in [1.807, 2.05) is 18.2 Å². The minimum atomic E-state index is -0.313. The third kappa shape index (κ3) is 4.50. The molecular formula is C17H24O4S2. The van der Waals surface area contributed by atoms with Gasteiger partial charge in [0.25, 0.3) is 0 Å². The first kappa shape index (κ1) is 17.3. The summed E-state index contributed by atoms with van der Waals surface area (Å²) in [4.78, 5) is 0. The van der Waals surface area contributed by atoms with Crippen LogP contribution in [-0.4, -0.2) is 43.0 Å². The van der Waals surface area contributed by atoms with Crippen LogP contribution in [0.2, 0.25) is 0 Å². The molecule has 0 N–H and O–H groups in total. The molecule has 1 aromatic carbocycles. The Morgan fingerprint density at radius 3 is 2.65 bits per heavy atom. The Labute approximate surface area is 146 Å². The topological polar surface area (TPSA) is 36.9 Å². The van der Waals surface area contributed by atoms with E-state index in [1.165, 1.54) is 17.9 Å². The molecule has 0 aliphatic carbocycles. The van der Waals surface area contributed by atoms with Gasteiger partial charge in [-0.1, -0.05) is 6.07 Å². The zero-order valence-electron chi connectivity index (χ0n) is 13.7. The van der Waals surface area contributed by atoms with Crippen LogP contribution in [0.4, 0.5) is 0 Å². The maximum atomic E-state index is 6.20. The van der Waals surface area contributed by atoms with Crippen LogP contribution in [0.1, 0.15) is 31.1 Å². The van der Waals surface area contributed by atoms with E-state index in [4.69, 9.17) is 18.9 Å². The Balaban J connectivity index is 1.63. The Morgan fingerprint density at radius 1 is 1.13 bits per heavy atom. The summed E-state index contributed by atoms with van der Waals surface area (Å²) in [5.41, 5.74) is 0.983. The maximum Gasteiger partial charge on any atom is 0.184 e. The molecule has 0 spiro atoms. The van der Waals surface area contributed by atoms with Crippen LogP contribution in [-0.2, 0) is 9.47 Å². The fourth-order valence-electron chi connectivity index (χ4n) is 2.82. The molecule has 1 unspecified atom stereocenters. The van der Waals surface area contributed by atoms with Gasteiger partial charge in [-0.05, 0) is 42.9 Å². The van der Waals surface area contributed by atoms with Gasteiger partial charge in [-0.15, -0.1) is 23.5 Å². The van der Waals surface area contributed by atoms with Crippen molar-refractivity contribution in [2.45, 2.75) is 36.2 Å². The van der Waals surface area contributed by atoms with Crippen molar-refractivity contribution in [3.05, 3.63) is 23.8 Å². The van der Waals surface area contributed by atoms with Crippen molar-refractivity contribution in [2.24, 2.45) is 0 Å². The molecular weight excluding hydrogens is 332 g/mol. The Kier molecular flexibility index (Phi) is 6.39. The van der Waals surface area contributed by atoms with Gasteiger partial charge in [0, 0.05) is 5.56 Å². The number of rotatable bonds is 5. The van der Waals surface area contributed by atoms with E-state index in [9.17, 15) is 0 Å². The fraction of sp³-hybridized carbons (Fsp3) is 0.647. The van der Waals surface area contributed by atoms with E-state index in [2.05, 4.69) is 23.5 Å². The first-order chi connectivity index (χ1) is 11.3. The van der Waals surface area contributed by atoms with E-state index in [0.717, 1.165) is 30.8 Å².